The molecule has 1 atom stereocenters. The molecule has 20 heavy (non-hydrogen) atoms. The molecule has 1 aliphatic heterocycles. The topological polar surface area (TPSA) is 41.6 Å². The van der Waals surface area contributed by atoms with Gasteiger partial charge in [-0.2, -0.15) is 0 Å². The van der Waals surface area contributed by atoms with E-state index in [0.29, 0.717) is 11.6 Å². The van der Waals surface area contributed by atoms with E-state index in [1.54, 1.807) is 13.2 Å². The maximum absolute atomic E-state index is 12.5. The Hall–Kier alpha value is -1.26. The fraction of sp³-hybridized carbons (Fsp3) is 0.533. The highest BCUT2D eigenvalue weighted by molar-refractivity contribution is 5.94. The molecule has 1 heterocycles. The Labute approximate surface area is 126 Å². The van der Waals surface area contributed by atoms with Gasteiger partial charge in [-0.3, -0.25) is 4.79 Å². The van der Waals surface area contributed by atoms with Crippen molar-refractivity contribution in [1.29, 1.82) is 0 Å². The van der Waals surface area contributed by atoms with Gasteiger partial charge in [0.1, 0.15) is 5.75 Å². The van der Waals surface area contributed by atoms with Gasteiger partial charge in [0.25, 0.3) is 5.91 Å². The number of hydrogen-bond donors (Lipinski definition) is 1. The van der Waals surface area contributed by atoms with E-state index in [-0.39, 0.29) is 18.3 Å². The Morgan fingerprint density at radius 1 is 1.35 bits per heavy atom. The first-order valence-electron chi connectivity index (χ1n) is 6.84. The summed E-state index contributed by atoms with van der Waals surface area (Å²) in [5.41, 5.74) is 0.694. The second-order valence-corrected chi connectivity index (χ2v) is 4.98. The lowest BCUT2D eigenvalue weighted by molar-refractivity contribution is 0.0720. The van der Waals surface area contributed by atoms with Gasteiger partial charge in [0.05, 0.1) is 7.11 Å². The molecule has 112 valence electrons. The van der Waals surface area contributed by atoms with E-state index < -0.39 is 0 Å². The van der Waals surface area contributed by atoms with E-state index in [2.05, 4.69) is 5.32 Å². The SMILES string of the molecule is COc1cccc(C(=O)N(C)C2CCCNCC2)c1.Cl. The van der Waals surface area contributed by atoms with Gasteiger partial charge in [0.2, 0.25) is 0 Å². The lowest BCUT2D eigenvalue weighted by Gasteiger charge is -2.27. The second-order valence-electron chi connectivity index (χ2n) is 4.98. The van der Waals surface area contributed by atoms with Crippen molar-refractivity contribution in [2.45, 2.75) is 25.3 Å². The Kier molecular flexibility index (Phi) is 6.82. The minimum Gasteiger partial charge on any atom is -0.497 e. The van der Waals surface area contributed by atoms with Gasteiger partial charge in [0.15, 0.2) is 0 Å². The summed E-state index contributed by atoms with van der Waals surface area (Å²) in [4.78, 5) is 14.4. The van der Waals surface area contributed by atoms with Crippen molar-refractivity contribution in [3.05, 3.63) is 29.8 Å². The number of nitrogens with one attached hydrogen (secondary N) is 1. The molecule has 1 amide bonds. The second kappa shape index (κ2) is 8.12. The van der Waals surface area contributed by atoms with Crippen LogP contribution in [-0.2, 0) is 0 Å². The summed E-state index contributed by atoms with van der Waals surface area (Å²) in [5.74, 6) is 0.799. The molecule has 1 aromatic carbocycles. The van der Waals surface area contributed by atoms with Crippen molar-refractivity contribution in [2.75, 3.05) is 27.2 Å². The van der Waals surface area contributed by atoms with Crippen LogP contribution in [0.3, 0.4) is 0 Å². The van der Waals surface area contributed by atoms with E-state index in [9.17, 15) is 4.79 Å². The molecule has 1 saturated heterocycles. The van der Waals surface area contributed by atoms with Gasteiger partial charge in [-0.05, 0) is 50.6 Å². The molecule has 4 nitrogen and oxygen atoms in total. The molecule has 0 spiro atoms. The average molecular weight is 299 g/mol. The van der Waals surface area contributed by atoms with E-state index in [1.165, 1.54) is 0 Å². The first-order chi connectivity index (χ1) is 9.22. The third kappa shape index (κ3) is 4.12. The fourth-order valence-electron chi connectivity index (χ4n) is 2.51. The standard InChI is InChI=1S/C15H22N2O2.ClH/c1-17(13-6-4-9-16-10-8-13)15(18)12-5-3-7-14(11-12)19-2;/h3,5,7,11,13,16H,4,6,8-10H2,1-2H3;1H. The molecule has 0 saturated carbocycles. The molecule has 5 heteroatoms. The summed E-state index contributed by atoms with van der Waals surface area (Å²) in [5, 5.41) is 3.37. The summed E-state index contributed by atoms with van der Waals surface area (Å²) in [7, 11) is 3.52. The zero-order valence-corrected chi connectivity index (χ0v) is 12.9. The molecule has 2 rings (SSSR count). The number of nitrogens with zero attached hydrogens (tertiary/aromatic N) is 1. The quantitative estimate of drug-likeness (QED) is 0.931. The lowest BCUT2D eigenvalue weighted by atomic mass is 10.1. The van der Waals surface area contributed by atoms with Crippen LogP contribution in [0.5, 0.6) is 5.75 Å². The molecular weight excluding hydrogens is 276 g/mol. The number of amides is 1. The van der Waals surface area contributed by atoms with Crippen LogP contribution in [0.2, 0.25) is 0 Å². The minimum atomic E-state index is 0. The first-order valence-corrected chi connectivity index (χ1v) is 6.84. The summed E-state index contributed by atoms with van der Waals surface area (Å²) >= 11 is 0. The van der Waals surface area contributed by atoms with E-state index in [0.717, 1.165) is 38.1 Å². The molecule has 1 unspecified atom stereocenters. The number of hydrogen-bond acceptors (Lipinski definition) is 3. The number of carbonyl (C=O) groups excluding carboxylic acids is 1. The van der Waals surface area contributed by atoms with Gasteiger partial charge < -0.3 is 15.0 Å². The van der Waals surface area contributed by atoms with E-state index >= 15 is 0 Å². The monoisotopic (exact) mass is 298 g/mol. The predicted octanol–water partition coefficient (Wildman–Crippen LogP) is 2.33. The molecule has 1 aromatic rings. The van der Waals surface area contributed by atoms with Crippen LogP contribution in [0.25, 0.3) is 0 Å². The maximum atomic E-state index is 12.5. The van der Waals surface area contributed by atoms with Crippen molar-refractivity contribution in [3.8, 4) is 5.75 Å². The lowest BCUT2D eigenvalue weighted by Crippen LogP contribution is -2.37. The number of carbonyl (C=O) groups is 1. The van der Waals surface area contributed by atoms with E-state index in [1.807, 2.05) is 30.1 Å². The van der Waals surface area contributed by atoms with E-state index in [4.69, 9.17) is 4.74 Å². The van der Waals surface area contributed by atoms with Crippen LogP contribution < -0.4 is 10.1 Å². The zero-order valence-electron chi connectivity index (χ0n) is 12.1. The number of benzene rings is 1. The predicted molar refractivity (Wildman–Crippen MR) is 82.8 cm³/mol. The third-order valence-corrected chi connectivity index (χ3v) is 3.73. The molecule has 0 bridgehead atoms. The zero-order chi connectivity index (χ0) is 13.7. The molecule has 0 radical (unpaired) electrons. The van der Waals surface area contributed by atoms with Crippen molar-refractivity contribution >= 4 is 18.3 Å². The van der Waals surface area contributed by atoms with Crippen LogP contribution in [0.1, 0.15) is 29.6 Å². The van der Waals surface area contributed by atoms with Crippen molar-refractivity contribution in [3.63, 3.8) is 0 Å². The largest absolute Gasteiger partial charge is 0.497 e. The minimum absolute atomic E-state index is 0. The normalized spacial score (nSPS) is 18.6. The van der Waals surface area contributed by atoms with Gasteiger partial charge in [-0.25, -0.2) is 0 Å². The average Bonchev–Trinajstić information content (AvgIpc) is 2.75. The smallest absolute Gasteiger partial charge is 0.253 e. The highest BCUT2D eigenvalue weighted by Gasteiger charge is 2.22. The molecule has 1 aliphatic rings. The van der Waals surface area contributed by atoms with Gasteiger partial charge in [-0.15, -0.1) is 12.4 Å². The first kappa shape index (κ1) is 16.8. The number of halogens is 1. The van der Waals surface area contributed by atoms with Crippen molar-refractivity contribution in [1.82, 2.24) is 10.2 Å². The summed E-state index contributed by atoms with van der Waals surface area (Å²) in [6.07, 6.45) is 3.21. The van der Waals surface area contributed by atoms with Crippen LogP contribution in [-0.4, -0.2) is 44.1 Å². The van der Waals surface area contributed by atoms with Crippen molar-refractivity contribution < 1.29 is 9.53 Å². The summed E-state index contributed by atoms with van der Waals surface area (Å²) < 4.78 is 5.17. The summed E-state index contributed by atoms with van der Waals surface area (Å²) in [6, 6.07) is 7.68. The maximum Gasteiger partial charge on any atom is 0.253 e. The van der Waals surface area contributed by atoms with Gasteiger partial charge in [0, 0.05) is 18.7 Å². The van der Waals surface area contributed by atoms with Crippen molar-refractivity contribution in [2.24, 2.45) is 0 Å². The number of methoxy groups -OCH3 is 1. The van der Waals surface area contributed by atoms with Crippen LogP contribution in [0.4, 0.5) is 0 Å². The summed E-state index contributed by atoms with van der Waals surface area (Å²) in [6.45, 7) is 2.04. The molecule has 1 fully saturated rings. The fourth-order valence-corrected chi connectivity index (χ4v) is 2.51. The Morgan fingerprint density at radius 2 is 2.15 bits per heavy atom. The highest BCUT2D eigenvalue weighted by atomic mass is 35.5. The molecule has 0 aromatic heterocycles. The molecule has 0 aliphatic carbocycles. The van der Waals surface area contributed by atoms with Crippen LogP contribution in [0.15, 0.2) is 24.3 Å². The number of rotatable bonds is 3. The Bertz CT molecular complexity index is 432. The molecule has 1 N–H and O–H groups in total. The van der Waals surface area contributed by atoms with Gasteiger partial charge in [-0.1, -0.05) is 6.07 Å². The Morgan fingerprint density at radius 3 is 2.90 bits per heavy atom. The van der Waals surface area contributed by atoms with Crippen LogP contribution in [0, 0.1) is 0 Å². The molecular formula is C15H23ClN2O2. The van der Waals surface area contributed by atoms with Crippen LogP contribution >= 0.6 is 12.4 Å². The third-order valence-electron chi connectivity index (χ3n) is 3.73. The number of ether oxygens (including phenoxy) is 1. The Balaban J connectivity index is 0.00000200. The highest BCUT2D eigenvalue weighted by Crippen LogP contribution is 2.18. The van der Waals surface area contributed by atoms with Gasteiger partial charge >= 0.3 is 0 Å².